The third-order valence-corrected chi connectivity index (χ3v) is 3.87. The first-order valence-electron chi connectivity index (χ1n) is 6.66. The SMILES string of the molecule is CCOC(=O)c1ccccc1N(C(N)=O)c1ccccc1I. The van der Waals surface area contributed by atoms with Gasteiger partial charge in [0, 0.05) is 3.57 Å². The Hall–Kier alpha value is -2.09. The van der Waals surface area contributed by atoms with Crippen LogP contribution in [0.1, 0.15) is 17.3 Å². The number of hydrogen-bond donors (Lipinski definition) is 1. The van der Waals surface area contributed by atoms with Crippen LogP contribution in [0.25, 0.3) is 0 Å². The highest BCUT2D eigenvalue weighted by atomic mass is 127. The Bertz CT molecular complexity index is 703. The Morgan fingerprint density at radius 3 is 2.27 bits per heavy atom. The lowest BCUT2D eigenvalue weighted by Crippen LogP contribution is -2.33. The fourth-order valence-electron chi connectivity index (χ4n) is 2.05. The average molecular weight is 410 g/mol. The topological polar surface area (TPSA) is 72.6 Å². The van der Waals surface area contributed by atoms with E-state index in [2.05, 4.69) is 22.6 Å². The molecule has 0 spiro atoms. The zero-order valence-corrected chi connectivity index (χ0v) is 14.1. The summed E-state index contributed by atoms with van der Waals surface area (Å²) < 4.78 is 5.89. The summed E-state index contributed by atoms with van der Waals surface area (Å²) >= 11 is 2.12. The number of benzene rings is 2. The molecule has 0 unspecified atom stereocenters. The van der Waals surface area contributed by atoms with Crippen LogP contribution in [-0.4, -0.2) is 18.6 Å². The van der Waals surface area contributed by atoms with E-state index >= 15 is 0 Å². The second-order valence-electron chi connectivity index (χ2n) is 4.36. The van der Waals surface area contributed by atoms with Crippen molar-refractivity contribution in [2.24, 2.45) is 5.73 Å². The molecular weight excluding hydrogens is 395 g/mol. The van der Waals surface area contributed by atoms with E-state index < -0.39 is 12.0 Å². The van der Waals surface area contributed by atoms with Crippen molar-refractivity contribution in [3.8, 4) is 0 Å². The molecule has 0 aliphatic carbocycles. The van der Waals surface area contributed by atoms with Gasteiger partial charge in [0.25, 0.3) is 0 Å². The number of carbonyl (C=O) groups excluding carboxylic acids is 2. The molecule has 114 valence electrons. The van der Waals surface area contributed by atoms with Gasteiger partial charge in [-0.05, 0) is 53.8 Å². The van der Waals surface area contributed by atoms with Crippen LogP contribution in [0.2, 0.25) is 0 Å². The lowest BCUT2D eigenvalue weighted by Gasteiger charge is -2.23. The highest BCUT2D eigenvalue weighted by Crippen LogP contribution is 2.32. The third-order valence-electron chi connectivity index (χ3n) is 2.95. The van der Waals surface area contributed by atoms with Crippen LogP contribution in [0.3, 0.4) is 0 Å². The maximum absolute atomic E-state index is 12.1. The fourth-order valence-corrected chi connectivity index (χ4v) is 2.68. The number of amides is 2. The number of urea groups is 1. The van der Waals surface area contributed by atoms with Crippen LogP contribution >= 0.6 is 22.6 Å². The minimum Gasteiger partial charge on any atom is -0.462 e. The maximum atomic E-state index is 12.1. The molecule has 0 aliphatic heterocycles. The minimum atomic E-state index is -0.666. The summed E-state index contributed by atoms with van der Waals surface area (Å²) in [6.45, 7) is 1.99. The van der Waals surface area contributed by atoms with Crippen molar-refractivity contribution < 1.29 is 14.3 Å². The summed E-state index contributed by atoms with van der Waals surface area (Å²) in [6.07, 6.45) is 0. The largest absolute Gasteiger partial charge is 0.462 e. The van der Waals surface area contributed by atoms with Crippen LogP contribution in [0, 0.1) is 3.57 Å². The molecule has 6 heteroatoms. The second-order valence-corrected chi connectivity index (χ2v) is 5.52. The highest BCUT2D eigenvalue weighted by molar-refractivity contribution is 14.1. The molecule has 2 aromatic carbocycles. The molecule has 0 heterocycles. The molecule has 2 N–H and O–H groups in total. The zero-order valence-electron chi connectivity index (χ0n) is 12.0. The summed E-state index contributed by atoms with van der Waals surface area (Å²) in [5.41, 5.74) is 6.86. The van der Waals surface area contributed by atoms with Crippen LogP contribution in [-0.2, 0) is 4.74 Å². The van der Waals surface area contributed by atoms with E-state index in [-0.39, 0.29) is 6.61 Å². The first kappa shape index (κ1) is 16.3. The van der Waals surface area contributed by atoms with E-state index in [0.29, 0.717) is 16.9 Å². The van der Waals surface area contributed by atoms with Crippen molar-refractivity contribution in [1.82, 2.24) is 0 Å². The number of carbonyl (C=O) groups is 2. The molecule has 0 saturated carbocycles. The first-order chi connectivity index (χ1) is 10.6. The van der Waals surface area contributed by atoms with E-state index in [1.54, 1.807) is 43.3 Å². The number of anilines is 2. The second kappa shape index (κ2) is 7.26. The van der Waals surface area contributed by atoms with Gasteiger partial charge in [-0.2, -0.15) is 0 Å². The quantitative estimate of drug-likeness (QED) is 0.618. The summed E-state index contributed by atoms with van der Waals surface area (Å²) in [7, 11) is 0. The predicted molar refractivity (Wildman–Crippen MR) is 93.3 cm³/mol. The molecule has 0 bridgehead atoms. The van der Waals surface area contributed by atoms with E-state index in [0.717, 1.165) is 3.57 Å². The molecule has 2 rings (SSSR count). The lowest BCUT2D eigenvalue weighted by atomic mass is 10.1. The number of rotatable bonds is 4. The molecule has 0 aromatic heterocycles. The number of para-hydroxylation sites is 2. The Kier molecular flexibility index (Phi) is 5.37. The Labute approximate surface area is 142 Å². The first-order valence-corrected chi connectivity index (χ1v) is 7.74. The third kappa shape index (κ3) is 3.38. The number of hydrogen-bond acceptors (Lipinski definition) is 3. The average Bonchev–Trinajstić information content (AvgIpc) is 2.50. The Morgan fingerprint density at radius 1 is 1.09 bits per heavy atom. The highest BCUT2D eigenvalue weighted by Gasteiger charge is 2.23. The van der Waals surface area contributed by atoms with Crippen molar-refractivity contribution in [1.29, 1.82) is 0 Å². The lowest BCUT2D eigenvalue weighted by molar-refractivity contribution is 0.0527. The monoisotopic (exact) mass is 410 g/mol. The van der Waals surface area contributed by atoms with Gasteiger partial charge in [-0.25, -0.2) is 9.59 Å². The summed E-state index contributed by atoms with van der Waals surface area (Å²) in [5, 5.41) is 0. The van der Waals surface area contributed by atoms with Gasteiger partial charge in [0.05, 0.1) is 23.5 Å². The molecule has 0 atom stereocenters. The summed E-state index contributed by atoms with van der Waals surface area (Å²) in [4.78, 5) is 25.4. The van der Waals surface area contributed by atoms with Gasteiger partial charge in [0.15, 0.2) is 0 Å². The van der Waals surface area contributed by atoms with Gasteiger partial charge >= 0.3 is 12.0 Å². The van der Waals surface area contributed by atoms with E-state index in [4.69, 9.17) is 10.5 Å². The van der Waals surface area contributed by atoms with Gasteiger partial charge in [-0.3, -0.25) is 4.90 Å². The number of nitrogens with two attached hydrogens (primary N) is 1. The summed E-state index contributed by atoms with van der Waals surface area (Å²) in [5.74, 6) is -0.490. The molecule has 5 nitrogen and oxygen atoms in total. The molecular formula is C16H15IN2O3. The van der Waals surface area contributed by atoms with E-state index in [9.17, 15) is 9.59 Å². The van der Waals surface area contributed by atoms with Crippen molar-refractivity contribution in [2.45, 2.75) is 6.92 Å². The molecule has 0 fully saturated rings. The van der Waals surface area contributed by atoms with Crippen molar-refractivity contribution in [2.75, 3.05) is 11.5 Å². The summed E-state index contributed by atoms with van der Waals surface area (Å²) in [6, 6.07) is 13.4. The van der Waals surface area contributed by atoms with Crippen LogP contribution in [0.5, 0.6) is 0 Å². The Balaban J connectivity index is 2.58. The Morgan fingerprint density at radius 2 is 1.68 bits per heavy atom. The van der Waals surface area contributed by atoms with Gasteiger partial charge in [-0.15, -0.1) is 0 Å². The van der Waals surface area contributed by atoms with Gasteiger partial charge in [0.1, 0.15) is 0 Å². The zero-order chi connectivity index (χ0) is 16.1. The van der Waals surface area contributed by atoms with Crippen LogP contribution < -0.4 is 10.6 Å². The standard InChI is InChI=1S/C16H15IN2O3/c1-2-22-15(20)11-7-3-5-9-13(11)19(16(18)21)14-10-6-4-8-12(14)17/h3-10H,2H2,1H3,(H2,18,21). The molecule has 0 aliphatic rings. The van der Waals surface area contributed by atoms with E-state index in [1.807, 2.05) is 12.1 Å². The van der Waals surface area contributed by atoms with Crippen molar-refractivity contribution >= 4 is 46.0 Å². The van der Waals surface area contributed by atoms with Gasteiger partial charge in [-0.1, -0.05) is 24.3 Å². The predicted octanol–water partition coefficient (Wildman–Crippen LogP) is 3.68. The fraction of sp³-hybridized carbons (Fsp3) is 0.125. The smallest absolute Gasteiger partial charge is 0.340 e. The maximum Gasteiger partial charge on any atom is 0.340 e. The van der Waals surface area contributed by atoms with Crippen molar-refractivity contribution in [3.05, 3.63) is 57.7 Å². The van der Waals surface area contributed by atoms with E-state index in [1.165, 1.54) is 4.90 Å². The minimum absolute atomic E-state index is 0.257. The normalized spacial score (nSPS) is 10.1. The van der Waals surface area contributed by atoms with Crippen LogP contribution in [0.15, 0.2) is 48.5 Å². The molecule has 2 amide bonds. The number of ether oxygens (including phenoxy) is 1. The molecule has 0 radical (unpaired) electrons. The number of halogens is 1. The number of esters is 1. The molecule has 2 aromatic rings. The van der Waals surface area contributed by atoms with Gasteiger partial charge in [0.2, 0.25) is 0 Å². The molecule has 0 saturated heterocycles. The van der Waals surface area contributed by atoms with Gasteiger partial charge < -0.3 is 10.5 Å². The van der Waals surface area contributed by atoms with Crippen LogP contribution in [0.4, 0.5) is 16.2 Å². The number of nitrogens with zero attached hydrogens (tertiary/aromatic N) is 1. The molecule has 22 heavy (non-hydrogen) atoms. The number of primary amides is 1. The van der Waals surface area contributed by atoms with Crippen molar-refractivity contribution in [3.63, 3.8) is 0 Å².